The lowest BCUT2D eigenvalue weighted by Crippen LogP contribution is -2.48. The van der Waals surface area contributed by atoms with Crippen LogP contribution in [0.4, 0.5) is 4.79 Å². The van der Waals surface area contributed by atoms with Crippen molar-refractivity contribution in [3.8, 4) is 0 Å². The van der Waals surface area contributed by atoms with Crippen LogP contribution in [0.5, 0.6) is 0 Å². The zero-order chi connectivity index (χ0) is 12.6. The molecule has 0 bridgehead atoms. The van der Waals surface area contributed by atoms with Crippen LogP contribution in [0, 0.1) is 0 Å². The van der Waals surface area contributed by atoms with E-state index in [1.807, 2.05) is 6.92 Å². The molecule has 0 aromatic heterocycles. The van der Waals surface area contributed by atoms with Crippen LogP contribution in [0.1, 0.15) is 13.3 Å². The molecule has 3 amide bonds. The van der Waals surface area contributed by atoms with Gasteiger partial charge in [-0.15, -0.1) is 0 Å². The van der Waals surface area contributed by atoms with Gasteiger partial charge in [0.05, 0.1) is 18.2 Å². The quantitative estimate of drug-likeness (QED) is 0.604. The molecule has 0 saturated heterocycles. The third-order valence-electron chi connectivity index (χ3n) is 2.84. The number of nitrogens with zero attached hydrogens (tertiary/aromatic N) is 1. The molecule has 2 aliphatic rings. The maximum absolute atomic E-state index is 12.0. The van der Waals surface area contributed by atoms with E-state index in [0.717, 1.165) is 0 Å². The first-order chi connectivity index (χ1) is 8.02. The van der Waals surface area contributed by atoms with E-state index in [2.05, 4.69) is 10.6 Å². The summed E-state index contributed by atoms with van der Waals surface area (Å²) in [5, 5.41) is 13.9. The van der Waals surface area contributed by atoms with Crippen LogP contribution in [0.25, 0.3) is 0 Å². The summed E-state index contributed by atoms with van der Waals surface area (Å²) in [6.07, 6.45) is 0.596. The summed E-state index contributed by atoms with van der Waals surface area (Å²) in [7, 11) is 0. The fraction of sp³-hybridized carbons (Fsp3) is 0.500. The normalized spacial score (nSPS) is 23.4. The summed E-state index contributed by atoms with van der Waals surface area (Å²) >= 11 is 0. The minimum absolute atomic E-state index is 0.157. The van der Waals surface area contributed by atoms with E-state index < -0.39 is 5.97 Å². The van der Waals surface area contributed by atoms with Crippen LogP contribution < -0.4 is 10.6 Å². The second-order valence-electron chi connectivity index (χ2n) is 4.01. The van der Waals surface area contributed by atoms with Gasteiger partial charge in [0.2, 0.25) is 0 Å². The Morgan fingerprint density at radius 2 is 2.24 bits per heavy atom. The largest absolute Gasteiger partial charge is 0.480 e. The lowest BCUT2D eigenvalue weighted by Gasteiger charge is -2.23. The Bertz CT molecular complexity index is 429. The molecule has 0 saturated carbocycles. The van der Waals surface area contributed by atoms with Crippen LogP contribution in [0.15, 0.2) is 11.3 Å². The smallest absolute Gasteiger partial charge is 0.323 e. The second-order valence-corrected chi connectivity index (χ2v) is 4.01. The predicted octanol–water partition coefficient (Wildman–Crippen LogP) is -0.741. The minimum atomic E-state index is -1.06. The third-order valence-corrected chi connectivity index (χ3v) is 2.84. The van der Waals surface area contributed by atoms with E-state index >= 15 is 0 Å². The monoisotopic (exact) mass is 239 g/mol. The molecular weight excluding hydrogens is 226 g/mol. The molecule has 3 N–H and O–H groups in total. The first-order valence-electron chi connectivity index (χ1n) is 5.34. The number of carbonyl (C=O) groups excluding carboxylic acids is 2. The Labute approximate surface area is 97.5 Å². The average molecular weight is 239 g/mol. The van der Waals surface area contributed by atoms with Gasteiger partial charge in [0.1, 0.15) is 6.54 Å². The van der Waals surface area contributed by atoms with Gasteiger partial charge in [0.15, 0.2) is 0 Å². The van der Waals surface area contributed by atoms with Gasteiger partial charge < -0.3 is 20.6 Å². The third kappa shape index (κ3) is 1.95. The highest BCUT2D eigenvalue weighted by molar-refractivity contribution is 6.02. The highest BCUT2D eigenvalue weighted by Crippen LogP contribution is 2.24. The van der Waals surface area contributed by atoms with Gasteiger partial charge in [-0.3, -0.25) is 9.59 Å². The maximum Gasteiger partial charge on any atom is 0.323 e. The fourth-order valence-corrected chi connectivity index (χ4v) is 2.11. The standard InChI is InChI=1S/C10H13N3O4/c1-2-5-8-6(12-10(17)11-5)3-13(9(8)16)4-7(14)15/h5H,2-4H2,1H3,(H,14,15)(H2,11,12,17)/t5-/m0/s1. The number of rotatable bonds is 3. The maximum atomic E-state index is 12.0. The number of carboxylic acid groups (broad SMARTS) is 1. The Morgan fingerprint density at radius 3 is 2.82 bits per heavy atom. The highest BCUT2D eigenvalue weighted by atomic mass is 16.4. The van der Waals surface area contributed by atoms with E-state index in [9.17, 15) is 14.4 Å². The van der Waals surface area contributed by atoms with Gasteiger partial charge in [0.25, 0.3) is 5.91 Å². The number of amides is 3. The molecule has 7 heteroatoms. The lowest BCUT2D eigenvalue weighted by molar-refractivity contribution is -0.142. The van der Waals surface area contributed by atoms with Crippen molar-refractivity contribution >= 4 is 17.9 Å². The molecule has 7 nitrogen and oxygen atoms in total. The summed E-state index contributed by atoms with van der Waals surface area (Å²) in [4.78, 5) is 35.1. The first-order valence-corrected chi connectivity index (χ1v) is 5.34. The second kappa shape index (κ2) is 4.08. The zero-order valence-electron chi connectivity index (χ0n) is 9.32. The molecule has 0 unspecified atom stereocenters. The SMILES string of the molecule is CC[C@@H]1NC(=O)NC2=C1C(=O)N(CC(=O)O)C2. The van der Waals surface area contributed by atoms with Gasteiger partial charge in [-0.25, -0.2) is 4.79 Å². The Kier molecular flexibility index (Phi) is 2.74. The summed E-state index contributed by atoms with van der Waals surface area (Å²) < 4.78 is 0. The van der Waals surface area contributed by atoms with Gasteiger partial charge in [-0.1, -0.05) is 6.92 Å². The minimum Gasteiger partial charge on any atom is -0.480 e. The Balaban J connectivity index is 2.23. The summed E-state index contributed by atoms with van der Waals surface area (Å²) in [6.45, 7) is 1.66. The van der Waals surface area contributed by atoms with Gasteiger partial charge in [-0.05, 0) is 6.42 Å². The molecule has 92 valence electrons. The van der Waals surface area contributed by atoms with Crippen molar-refractivity contribution in [3.63, 3.8) is 0 Å². The van der Waals surface area contributed by atoms with Crippen molar-refractivity contribution in [2.45, 2.75) is 19.4 Å². The van der Waals surface area contributed by atoms with E-state index in [1.54, 1.807) is 0 Å². The van der Waals surface area contributed by atoms with Crippen molar-refractivity contribution in [1.29, 1.82) is 0 Å². The summed E-state index contributed by atoms with van der Waals surface area (Å²) in [6, 6.07) is -0.675. The Morgan fingerprint density at radius 1 is 1.53 bits per heavy atom. The van der Waals surface area contributed by atoms with E-state index in [1.165, 1.54) is 4.90 Å². The molecule has 0 spiro atoms. The summed E-state index contributed by atoms with van der Waals surface area (Å²) in [5.74, 6) is -1.38. The van der Waals surface area contributed by atoms with Gasteiger partial charge in [-0.2, -0.15) is 0 Å². The van der Waals surface area contributed by atoms with Crippen molar-refractivity contribution in [2.75, 3.05) is 13.1 Å². The molecule has 17 heavy (non-hydrogen) atoms. The van der Waals surface area contributed by atoms with Crippen LogP contribution in [0.2, 0.25) is 0 Å². The zero-order valence-corrected chi connectivity index (χ0v) is 9.32. The van der Waals surface area contributed by atoms with Gasteiger partial charge >= 0.3 is 12.0 Å². The lowest BCUT2D eigenvalue weighted by atomic mass is 10.0. The molecule has 1 atom stereocenters. The molecule has 2 rings (SSSR count). The van der Waals surface area contributed by atoms with Crippen LogP contribution in [0.3, 0.4) is 0 Å². The number of hydrogen-bond donors (Lipinski definition) is 3. The van der Waals surface area contributed by atoms with Crippen LogP contribution in [-0.2, 0) is 9.59 Å². The Hall–Kier alpha value is -2.05. The number of carbonyl (C=O) groups is 3. The molecule has 2 aliphatic heterocycles. The molecule has 0 fully saturated rings. The van der Waals surface area contributed by atoms with E-state index in [-0.39, 0.29) is 31.1 Å². The number of nitrogens with one attached hydrogen (secondary N) is 2. The van der Waals surface area contributed by atoms with Crippen molar-refractivity contribution < 1.29 is 19.5 Å². The predicted molar refractivity (Wildman–Crippen MR) is 57.0 cm³/mol. The molecule has 2 heterocycles. The number of carboxylic acids is 1. The molecule has 0 aromatic carbocycles. The van der Waals surface area contributed by atoms with Crippen molar-refractivity contribution in [2.24, 2.45) is 0 Å². The number of urea groups is 1. The number of aliphatic carboxylic acids is 1. The number of hydrogen-bond acceptors (Lipinski definition) is 3. The highest BCUT2D eigenvalue weighted by Gasteiger charge is 2.39. The first kappa shape index (κ1) is 11.4. The molecule has 0 aliphatic carbocycles. The summed E-state index contributed by atoms with van der Waals surface area (Å²) in [5.41, 5.74) is 1.00. The van der Waals surface area contributed by atoms with E-state index in [0.29, 0.717) is 17.7 Å². The van der Waals surface area contributed by atoms with Crippen LogP contribution in [-0.4, -0.2) is 47.0 Å². The molecular formula is C10H13N3O4. The van der Waals surface area contributed by atoms with Crippen molar-refractivity contribution in [1.82, 2.24) is 15.5 Å². The van der Waals surface area contributed by atoms with Gasteiger partial charge in [0, 0.05) is 5.70 Å². The average Bonchev–Trinajstić information content (AvgIpc) is 2.53. The molecule has 0 aromatic rings. The van der Waals surface area contributed by atoms with Crippen LogP contribution >= 0.6 is 0 Å². The topological polar surface area (TPSA) is 98.7 Å². The molecule has 0 radical (unpaired) electrons. The van der Waals surface area contributed by atoms with E-state index in [4.69, 9.17) is 5.11 Å². The fourth-order valence-electron chi connectivity index (χ4n) is 2.11. The van der Waals surface area contributed by atoms with Crippen molar-refractivity contribution in [3.05, 3.63) is 11.3 Å².